The van der Waals surface area contributed by atoms with Gasteiger partial charge >= 0.3 is 6.01 Å². The number of hydrogen-bond donors (Lipinski definition) is 1. The molecular formula is C36H45FN6O3. The van der Waals surface area contributed by atoms with Crippen LogP contribution in [0, 0.1) is 5.82 Å². The highest BCUT2D eigenvalue weighted by Gasteiger charge is 2.45. The fraction of sp³-hybridized carbons (Fsp3) is 0.528. The zero-order chi connectivity index (χ0) is 32.8. The van der Waals surface area contributed by atoms with Gasteiger partial charge in [-0.3, -0.25) is 9.88 Å². The van der Waals surface area contributed by atoms with E-state index in [1.165, 1.54) is 6.42 Å². The molecule has 2 atom stereocenters. The van der Waals surface area contributed by atoms with Crippen LogP contribution in [0.4, 0.5) is 10.2 Å². The molecule has 0 radical (unpaired) electrons. The summed E-state index contributed by atoms with van der Waals surface area (Å²) in [6, 6.07) is 9.99. The van der Waals surface area contributed by atoms with Gasteiger partial charge in [0, 0.05) is 32.3 Å². The summed E-state index contributed by atoms with van der Waals surface area (Å²) in [4.78, 5) is 18.8. The first kappa shape index (κ1) is 29.8. The molecule has 244 valence electrons. The van der Waals surface area contributed by atoms with Crippen LogP contribution >= 0.6 is 0 Å². The van der Waals surface area contributed by atoms with Gasteiger partial charge in [0.25, 0.3) is 0 Å². The van der Waals surface area contributed by atoms with Crippen molar-refractivity contribution >= 4 is 27.5 Å². The predicted molar refractivity (Wildman–Crippen MR) is 179 cm³/mol. The molecule has 46 heavy (non-hydrogen) atoms. The standard InChI is InChI=1S/C36H45FN6O3/c1-5-24-10-6-11-25-18-26(46-23-44-4)19-27(29(24)25)31-30(37)32-28(20-38-31)33(39-21-35(42(2)3)12-7-13-35)41-34(40-32)45-22-36-14-8-16-43(36)17-9-15-36/h6,10-11,18-20H,5,7-9,12-17,21-23H2,1-4H3,(H,39,40,41)/i16D/t16-,36+/m1/s1. The number of likely N-dealkylation sites (N-methyl/N-ethyl adjacent to an activating group) is 1. The lowest BCUT2D eigenvalue weighted by atomic mass is 9.75. The number of aromatic nitrogens is 3. The number of halogens is 1. The van der Waals surface area contributed by atoms with Gasteiger partial charge < -0.3 is 24.4 Å². The van der Waals surface area contributed by atoms with Crippen molar-refractivity contribution in [2.24, 2.45) is 0 Å². The predicted octanol–water partition coefficient (Wildman–Crippen LogP) is 6.43. The third-order valence-corrected chi connectivity index (χ3v) is 10.6. The van der Waals surface area contributed by atoms with Crippen LogP contribution in [0.1, 0.15) is 58.8 Å². The molecule has 2 saturated heterocycles. The first-order chi connectivity index (χ1) is 22.8. The lowest BCUT2D eigenvalue weighted by Gasteiger charge is -2.47. The number of hydrogen-bond acceptors (Lipinski definition) is 9. The summed E-state index contributed by atoms with van der Waals surface area (Å²) in [5, 5.41) is 5.91. The van der Waals surface area contributed by atoms with Gasteiger partial charge in [0.2, 0.25) is 0 Å². The molecule has 1 N–H and O–H groups in total. The smallest absolute Gasteiger partial charge is 0.319 e. The van der Waals surface area contributed by atoms with E-state index in [1.54, 1.807) is 13.3 Å². The van der Waals surface area contributed by atoms with E-state index in [-0.39, 0.29) is 41.6 Å². The van der Waals surface area contributed by atoms with Crippen molar-refractivity contribution in [3.63, 3.8) is 0 Å². The Kier molecular flexibility index (Phi) is 8.12. The summed E-state index contributed by atoms with van der Waals surface area (Å²) in [7, 11) is 5.78. The van der Waals surface area contributed by atoms with E-state index in [4.69, 9.17) is 30.5 Å². The van der Waals surface area contributed by atoms with Crippen molar-refractivity contribution < 1.29 is 20.0 Å². The SMILES string of the molecule is [2H][C@@H]1CC[C@@]2(COc3nc(NCC4(N(C)C)CCC4)c4cnc(-c5cc(OCOC)cc6cccc(CC)c56)c(F)c4n3)CCCN12. The first-order valence-electron chi connectivity index (χ1n) is 17.1. The molecule has 2 aromatic heterocycles. The largest absolute Gasteiger partial charge is 0.468 e. The van der Waals surface area contributed by atoms with Crippen molar-refractivity contribution in [1.29, 1.82) is 0 Å². The molecule has 2 aliphatic heterocycles. The number of rotatable bonds is 12. The van der Waals surface area contributed by atoms with Crippen molar-refractivity contribution in [3.8, 4) is 23.0 Å². The van der Waals surface area contributed by atoms with Crippen LogP contribution in [0.3, 0.4) is 0 Å². The summed E-state index contributed by atoms with van der Waals surface area (Å²) >= 11 is 0. The number of nitrogens with one attached hydrogen (secondary N) is 1. The zero-order valence-electron chi connectivity index (χ0n) is 28.4. The fourth-order valence-corrected chi connectivity index (χ4v) is 7.64. The van der Waals surface area contributed by atoms with Gasteiger partial charge in [-0.15, -0.1) is 0 Å². The molecule has 3 fully saturated rings. The average molecular weight is 630 g/mol. The van der Waals surface area contributed by atoms with Crippen LogP contribution in [-0.4, -0.2) is 90.0 Å². The second-order valence-corrected chi connectivity index (χ2v) is 13.3. The molecular weight excluding hydrogens is 583 g/mol. The number of anilines is 1. The monoisotopic (exact) mass is 629 g/mol. The van der Waals surface area contributed by atoms with Crippen LogP contribution in [0.2, 0.25) is 0 Å². The number of nitrogens with zero attached hydrogens (tertiary/aromatic N) is 5. The summed E-state index contributed by atoms with van der Waals surface area (Å²) in [6.45, 7) is 3.89. The Morgan fingerprint density at radius 3 is 2.70 bits per heavy atom. The molecule has 0 amide bonds. The highest BCUT2D eigenvalue weighted by molar-refractivity contribution is 6.01. The van der Waals surface area contributed by atoms with E-state index in [0.29, 0.717) is 35.7 Å². The lowest BCUT2D eigenvalue weighted by Crippen LogP contribution is -2.54. The summed E-state index contributed by atoms with van der Waals surface area (Å²) in [5.41, 5.74) is 1.89. The molecule has 1 saturated carbocycles. The third-order valence-electron chi connectivity index (χ3n) is 10.6. The number of aryl methyl sites for hydroxylation is 1. The molecule has 10 heteroatoms. The second kappa shape index (κ2) is 12.5. The van der Waals surface area contributed by atoms with E-state index in [0.717, 1.165) is 67.8 Å². The Hall–Kier alpha value is -3.60. The molecule has 0 bridgehead atoms. The minimum absolute atomic E-state index is 0.0125. The Bertz CT molecular complexity index is 1790. The van der Waals surface area contributed by atoms with Gasteiger partial charge in [-0.2, -0.15) is 9.97 Å². The number of methoxy groups -OCH3 is 1. The van der Waals surface area contributed by atoms with Gasteiger partial charge in [0.15, 0.2) is 12.6 Å². The van der Waals surface area contributed by atoms with Crippen LogP contribution in [0.5, 0.6) is 11.8 Å². The maximum absolute atomic E-state index is 17.0. The number of fused-ring (bicyclic) bond motifs is 3. The zero-order valence-corrected chi connectivity index (χ0v) is 27.4. The van der Waals surface area contributed by atoms with Gasteiger partial charge in [0.1, 0.15) is 29.4 Å². The van der Waals surface area contributed by atoms with Crippen LogP contribution in [0.25, 0.3) is 32.9 Å². The normalized spacial score (nSPS) is 22.7. The molecule has 9 nitrogen and oxygen atoms in total. The van der Waals surface area contributed by atoms with E-state index >= 15 is 4.39 Å². The van der Waals surface area contributed by atoms with Crippen molar-refractivity contribution in [2.75, 3.05) is 59.5 Å². The third kappa shape index (κ3) is 5.44. The second-order valence-electron chi connectivity index (χ2n) is 13.3. The topological polar surface area (TPSA) is 84.9 Å². The van der Waals surface area contributed by atoms with Crippen LogP contribution in [0.15, 0.2) is 36.5 Å². The van der Waals surface area contributed by atoms with E-state index in [9.17, 15) is 0 Å². The van der Waals surface area contributed by atoms with Crippen molar-refractivity contribution in [2.45, 2.75) is 69.4 Å². The molecule has 4 heterocycles. The highest BCUT2D eigenvalue weighted by atomic mass is 19.1. The minimum Gasteiger partial charge on any atom is -0.468 e. The minimum atomic E-state index is -0.535. The van der Waals surface area contributed by atoms with Crippen molar-refractivity contribution in [3.05, 3.63) is 47.9 Å². The summed E-state index contributed by atoms with van der Waals surface area (Å²) in [5.74, 6) is 0.544. The molecule has 7 rings (SSSR count). The van der Waals surface area contributed by atoms with E-state index in [1.807, 2.05) is 24.3 Å². The van der Waals surface area contributed by atoms with Gasteiger partial charge in [-0.1, -0.05) is 25.1 Å². The van der Waals surface area contributed by atoms with Gasteiger partial charge in [-0.05, 0) is 107 Å². The maximum atomic E-state index is 17.0. The Balaban J connectivity index is 1.33. The van der Waals surface area contributed by atoms with E-state index < -0.39 is 5.82 Å². The quantitative estimate of drug-likeness (QED) is 0.178. The maximum Gasteiger partial charge on any atom is 0.319 e. The molecule has 1 aliphatic carbocycles. The lowest BCUT2D eigenvalue weighted by molar-refractivity contribution is 0.0512. The van der Waals surface area contributed by atoms with Gasteiger partial charge in [0.05, 0.1) is 10.9 Å². The number of benzene rings is 2. The Morgan fingerprint density at radius 1 is 1.09 bits per heavy atom. The highest BCUT2D eigenvalue weighted by Crippen LogP contribution is 2.41. The van der Waals surface area contributed by atoms with Crippen LogP contribution in [-0.2, 0) is 11.2 Å². The Morgan fingerprint density at radius 2 is 1.93 bits per heavy atom. The molecule has 2 aromatic carbocycles. The average Bonchev–Trinajstić information content (AvgIpc) is 3.61. The first-order valence-corrected chi connectivity index (χ1v) is 16.5. The molecule has 4 aromatic rings. The summed E-state index contributed by atoms with van der Waals surface area (Å²) in [6.07, 6.45) is 9.53. The summed E-state index contributed by atoms with van der Waals surface area (Å²) < 4.78 is 42.9. The van der Waals surface area contributed by atoms with Crippen LogP contribution < -0.4 is 14.8 Å². The molecule has 3 aliphatic rings. The van der Waals surface area contributed by atoms with E-state index in [2.05, 4.69) is 42.2 Å². The number of ether oxygens (including phenoxy) is 3. The molecule has 0 spiro atoms. The van der Waals surface area contributed by atoms with Crippen molar-refractivity contribution in [1.82, 2.24) is 24.8 Å². The Labute approximate surface area is 271 Å². The molecule has 0 unspecified atom stereocenters. The van der Waals surface area contributed by atoms with Gasteiger partial charge in [-0.25, -0.2) is 4.39 Å². The number of pyridine rings is 1. The fourth-order valence-electron chi connectivity index (χ4n) is 7.64.